The van der Waals surface area contributed by atoms with Gasteiger partial charge in [0.2, 0.25) is 0 Å². The van der Waals surface area contributed by atoms with Crippen molar-refractivity contribution in [1.29, 1.82) is 0 Å². The van der Waals surface area contributed by atoms with Crippen molar-refractivity contribution in [3.05, 3.63) is 53.1 Å². The summed E-state index contributed by atoms with van der Waals surface area (Å²) >= 11 is 6.30. The van der Waals surface area contributed by atoms with Crippen LogP contribution < -0.4 is 9.80 Å². The molecule has 2 heterocycles. The second-order valence-corrected chi connectivity index (χ2v) is 8.22. The van der Waals surface area contributed by atoms with E-state index in [0.717, 1.165) is 62.3 Å². The van der Waals surface area contributed by atoms with Crippen LogP contribution in [0.2, 0.25) is 5.02 Å². The number of hydrogen-bond donors (Lipinski definition) is 0. The molecule has 2 aliphatic rings. The van der Waals surface area contributed by atoms with Crippen LogP contribution in [0, 0.1) is 0 Å². The van der Waals surface area contributed by atoms with Gasteiger partial charge in [0.1, 0.15) is 0 Å². The molecule has 0 radical (unpaired) electrons. The van der Waals surface area contributed by atoms with Gasteiger partial charge in [-0.15, -0.1) is 0 Å². The molecule has 0 bridgehead atoms. The third kappa shape index (κ3) is 4.48. The number of ether oxygens (including phenoxy) is 2. The summed E-state index contributed by atoms with van der Waals surface area (Å²) in [6, 6.07) is 13.6. The van der Waals surface area contributed by atoms with Crippen molar-refractivity contribution in [3.8, 4) is 0 Å². The number of para-hydroxylation sites is 2. The maximum atomic E-state index is 13.5. The first-order valence-electron chi connectivity index (χ1n) is 10.9. The van der Waals surface area contributed by atoms with Crippen molar-refractivity contribution in [2.45, 2.75) is 45.3 Å². The summed E-state index contributed by atoms with van der Waals surface area (Å²) in [5.41, 5.74) is 3.51. The van der Waals surface area contributed by atoms with E-state index < -0.39 is 0 Å². The van der Waals surface area contributed by atoms with Crippen LogP contribution in [0.3, 0.4) is 0 Å². The SMILES string of the molecule is CCCN1c2cc(Cl)ccc2C(=O)N(CCCOC2CCCCO2)c2ccccc21. The highest BCUT2D eigenvalue weighted by Crippen LogP contribution is 2.41. The van der Waals surface area contributed by atoms with Crippen LogP contribution in [0.25, 0.3) is 0 Å². The summed E-state index contributed by atoms with van der Waals surface area (Å²) in [4.78, 5) is 17.6. The first-order valence-corrected chi connectivity index (χ1v) is 11.3. The van der Waals surface area contributed by atoms with E-state index in [2.05, 4.69) is 17.9 Å². The number of fused-ring (bicyclic) bond motifs is 2. The standard InChI is InChI=1S/C24H29ClN2O3/c1-2-13-26-20-8-3-4-9-21(20)27(14-7-16-30-23-10-5-6-15-29-23)24(28)19-12-11-18(25)17-22(19)26/h3-4,8-9,11-12,17,23H,2,5-7,10,13-16H2,1H3. The summed E-state index contributed by atoms with van der Waals surface area (Å²) < 4.78 is 11.5. The average Bonchev–Trinajstić information content (AvgIpc) is 2.86. The zero-order chi connectivity index (χ0) is 20.9. The molecule has 4 rings (SSSR count). The van der Waals surface area contributed by atoms with Gasteiger partial charge in [-0.05, 0) is 62.4 Å². The molecule has 6 heteroatoms. The number of carbonyl (C=O) groups excluding carboxylic acids is 1. The molecule has 1 fully saturated rings. The number of benzene rings is 2. The molecule has 30 heavy (non-hydrogen) atoms. The van der Waals surface area contributed by atoms with Crippen LogP contribution in [0.1, 0.15) is 49.4 Å². The van der Waals surface area contributed by atoms with Crippen LogP contribution in [-0.4, -0.2) is 38.5 Å². The van der Waals surface area contributed by atoms with Crippen LogP contribution in [0.5, 0.6) is 0 Å². The molecule has 0 N–H and O–H groups in total. The van der Waals surface area contributed by atoms with Gasteiger partial charge in [-0.2, -0.15) is 0 Å². The molecule has 1 unspecified atom stereocenters. The largest absolute Gasteiger partial charge is 0.353 e. The fourth-order valence-corrected chi connectivity index (χ4v) is 4.35. The molecule has 0 aliphatic carbocycles. The summed E-state index contributed by atoms with van der Waals surface area (Å²) in [5.74, 6) is 0.00151. The quantitative estimate of drug-likeness (QED) is 0.524. The van der Waals surface area contributed by atoms with Gasteiger partial charge < -0.3 is 19.3 Å². The number of halogens is 1. The number of anilines is 3. The Morgan fingerprint density at radius 2 is 1.87 bits per heavy atom. The smallest absolute Gasteiger partial charge is 0.260 e. The van der Waals surface area contributed by atoms with Crippen molar-refractivity contribution in [1.82, 2.24) is 0 Å². The predicted octanol–water partition coefficient (Wildman–Crippen LogP) is 5.78. The van der Waals surface area contributed by atoms with Crippen LogP contribution in [0.4, 0.5) is 17.1 Å². The van der Waals surface area contributed by atoms with E-state index in [1.54, 1.807) is 6.07 Å². The van der Waals surface area contributed by atoms with E-state index in [0.29, 0.717) is 23.7 Å². The maximum Gasteiger partial charge on any atom is 0.260 e. The molecule has 0 aromatic heterocycles. The zero-order valence-electron chi connectivity index (χ0n) is 17.5. The van der Waals surface area contributed by atoms with Gasteiger partial charge in [-0.3, -0.25) is 4.79 Å². The van der Waals surface area contributed by atoms with Gasteiger partial charge in [0.25, 0.3) is 5.91 Å². The highest BCUT2D eigenvalue weighted by molar-refractivity contribution is 6.31. The van der Waals surface area contributed by atoms with Crippen LogP contribution in [-0.2, 0) is 9.47 Å². The minimum absolute atomic E-state index is 0.00151. The summed E-state index contributed by atoms with van der Waals surface area (Å²) in [6.45, 7) is 4.89. The Labute approximate surface area is 183 Å². The van der Waals surface area contributed by atoms with Gasteiger partial charge in [-0.1, -0.05) is 30.7 Å². The molecule has 0 spiro atoms. The molecule has 0 saturated carbocycles. The number of amides is 1. The van der Waals surface area contributed by atoms with Gasteiger partial charge >= 0.3 is 0 Å². The Kier molecular flexibility index (Phi) is 6.93. The highest BCUT2D eigenvalue weighted by atomic mass is 35.5. The van der Waals surface area contributed by atoms with Crippen molar-refractivity contribution in [2.24, 2.45) is 0 Å². The highest BCUT2D eigenvalue weighted by Gasteiger charge is 2.30. The van der Waals surface area contributed by atoms with E-state index in [9.17, 15) is 4.79 Å². The second kappa shape index (κ2) is 9.82. The Morgan fingerprint density at radius 1 is 1.07 bits per heavy atom. The molecule has 1 amide bonds. The fraction of sp³-hybridized carbons (Fsp3) is 0.458. The van der Waals surface area contributed by atoms with Crippen molar-refractivity contribution in [3.63, 3.8) is 0 Å². The Hall–Kier alpha value is -2.08. The van der Waals surface area contributed by atoms with E-state index >= 15 is 0 Å². The molecular weight excluding hydrogens is 400 g/mol. The predicted molar refractivity (Wildman–Crippen MR) is 121 cm³/mol. The summed E-state index contributed by atoms with van der Waals surface area (Å²) in [6.07, 6.45) is 4.81. The number of nitrogens with zero attached hydrogens (tertiary/aromatic N) is 2. The monoisotopic (exact) mass is 428 g/mol. The molecule has 1 atom stereocenters. The van der Waals surface area contributed by atoms with Crippen LogP contribution in [0.15, 0.2) is 42.5 Å². The molecular formula is C24H29ClN2O3. The summed E-state index contributed by atoms with van der Waals surface area (Å²) in [7, 11) is 0. The molecule has 1 saturated heterocycles. The summed E-state index contributed by atoms with van der Waals surface area (Å²) in [5, 5.41) is 0.634. The number of hydrogen-bond acceptors (Lipinski definition) is 4. The van der Waals surface area contributed by atoms with Gasteiger partial charge in [0, 0.05) is 24.7 Å². The lowest BCUT2D eigenvalue weighted by Crippen LogP contribution is -2.32. The molecule has 2 aromatic carbocycles. The van der Waals surface area contributed by atoms with E-state index in [4.69, 9.17) is 21.1 Å². The topological polar surface area (TPSA) is 42.0 Å². The maximum absolute atomic E-state index is 13.5. The Bertz CT molecular complexity index is 883. The number of rotatable bonds is 7. The minimum Gasteiger partial charge on any atom is -0.353 e. The van der Waals surface area contributed by atoms with Crippen molar-refractivity contribution in [2.75, 3.05) is 36.1 Å². The number of carbonyl (C=O) groups is 1. The fourth-order valence-electron chi connectivity index (χ4n) is 4.18. The Morgan fingerprint density at radius 3 is 2.60 bits per heavy atom. The molecule has 2 aromatic rings. The van der Waals surface area contributed by atoms with E-state index in [-0.39, 0.29) is 12.2 Å². The lowest BCUT2D eigenvalue weighted by Gasteiger charge is -2.27. The van der Waals surface area contributed by atoms with Crippen molar-refractivity contribution >= 4 is 34.6 Å². The minimum atomic E-state index is -0.103. The second-order valence-electron chi connectivity index (χ2n) is 7.78. The van der Waals surface area contributed by atoms with E-state index in [1.807, 2.05) is 35.2 Å². The van der Waals surface area contributed by atoms with Gasteiger partial charge in [-0.25, -0.2) is 0 Å². The first kappa shape index (κ1) is 21.2. The Balaban J connectivity index is 1.58. The molecule has 2 aliphatic heterocycles. The van der Waals surface area contributed by atoms with E-state index in [1.165, 1.54) is 0 Å². The lowest BCUT2D eigenvalue weighted by atomic mass is 10.1. The first-order chi connectivity index (χ1) is 14.7. The van der Waals surface area contributed by atoms with Gasteiger partial charge in [0.15, 0.2) is 6.29 Å². The molecule has 160 valence electrons. The molecule has 5 nitrogen and oxygen atoms in total. The zero-order valence-corrected chi connectivity index (χ0v) is 18.2. The van der Waals surface area contributed by atoms with Crippen molar-refractivity contribution < 1.29 is 14.3 Å². The normalized spacial score (nSPS) is 18.7. The van der Waals surface area contributed by atoms with Crippen LogP contribution >= 0.6 is 11.6 Å². The third-order valence-corrected chi connectivity index (χ3v) is 5.84. The average molecular weight is 429 g/mol. The van der Waals surface area contributed by atoms with Gasteiger partial charge in [0.05, 0.1) is 29.2 Å². The third-order valence-electron chi connectivity index (χ3n) is 5.60. The lowest BCUT2D eigenvalue weighted by molar-refractivity contribution is -0.162.